The van der Waals surface area contributed by atoms with Gasteiger partial charge in [-0.2, -0.15) is 0 Å². The molecule has 5 heteroatoms. The molecule has 0 fully saturated rings. The molecule has 0 saturated heterocycles. The Balaban J connectivity index is 2.27. The highest BCUT2D eigenvalue weighted by Gasteiger charge is 2.29. The van der Waals surface area contributed by atoms with Crippen LogP contribution in [0.2, 0.25) is 0 Å². The zero-order chi connectivity index (χ0) is 14.3. The molecule has 0 unspecified atom stereocenters. The van der Waals surface area contributed by atoms with E-state index in [1.165, 1.54) is 13.2 Å². The number of benzene rings is 2. The molecule has 102 valence electrons. The Morgan fingerprint density at radius 2 is 2.00 bits per heavy atom. The van der Waals surface area contributed by atoms with Gasteiger partial charge < -0.3 is 19.7 Å². The van der Waals surface area contributed by atoms with Gasteiger partial charge in [0.2, 0.25) is 5.75 Å². The minimum absolute atomic E-state index is 0.0282. The number of hydrogen-bond acceptors (Lipinski definition) is 5. The average molecular weight is 272 g/mol. The van der Waals surface area contributed by atoms with Crippen LogP contribution in [0.4, 0.5) is 0 Å². The fraction of sp³-hybridized carbons (Fsp3) is 0.133. The van der Waals surface area contributed by atoms with Crippen molar-refractivity contribution in [2.24, 2.45) is 0 Å². The third-order valence-electron chi connectivity index (χ3n) is 3.23. The second-order valence-electron chi connectivity index (χ2n) is 4.46. The Bertz CT molecular complexity index is 706. The minimum Gasteiger partial charge on any atom is -0.507 e. The lowest BCUT2D eigenvalue weighted by molar-refractivity contribution is 0.0990. The van der Waals surface area contributed by atoms with Crippen LogP contribution < -0.4 is 9.47 Å². The number of rotatable bonds is 1. The van der Waals surface area contributed by atoms with Crippen molar-refractivity contribution in [3.8, 4) is 28.7 Å². The van der Waals surface area contributed by atoms with E-state index in [4.69, 9.17) is 9.47 Å². The van der Waals surface area contributed by atoms with E-state index in [-0.39, 0.29) is 40.8 Å². The highest BCUT2D eigenvalue weighted by atomic mass is 16.5. The maximum absolute atomic E-state index is 12.2. The van der Waals surface area contributed by atoms with Gasteiger partial charge in [-0.1, -0.05) is 18.2 Å². The number of fused-ring (bicyclic) bond motifs is 2. The molecule has 1 aliphatic heterocycles. The number of Topliss-reactive ketones (excluding diaryl/α,β-unsaturated/α-hetero) is 1. The van der Waals surface area contributed by atoms with E-state index in [1.807, 2.05) is 0 Å². The first-order valence-corrected chi connectivity index (χ1v) is 6.03. The maximum Gasteiger partial charge on any atom is 0.202 e. The van der Waals surface area contributed by atoms with Gasteiger partial charge in [0, 0.05) is 18.1 Å². The molecule has 1 aliphatic rings. The number of ether oxygens (including phenoxy) is 2. The summed E-state index contributed by atoms with van der Waals surface area (Å²) >= 11 is 0. The SMILES string of the molecule is COc1cc(O)c2c(c1O)Oc1ccccc1CC2=O. The first kappa shape index (κ1) is 12.3. The van der Waals surface area contributed by atoms with Crippen molar-refractivity contribution in [1.29, 1.82) is 0 Å². The van der Waals surface area contributed by atoms with Crippen molar-refractivity contribution in [3.05, 3.63) is 41.5 Å². The van der Waals surface area contributed by atoms with Gasteiger partial charge in [-0.3, -0.25) is 4.79 Å². The van der Waals surface area contributed by atoms with Gasteiger partial charge in [-0.25, -0.2) is 0 Å². The summed E-state index contributed by atoms with van der Waals surface area (Å²) in [5.74, 6) is -0.439. The Morgan fingerprint density at radius 3 is 2.75 bits per heavy atom. The molecule has 0 radical (unpaired) electrons. The van der Waals surface area contributed by atoms with E-state index in [9.17, 15) is 15.0 Å². The van der Waals surface area contributed by atoms with Crippen molar-refractivity contribution in [2.45, 2.75) is 6.42 Å². The topological polar surface area (TPSA) is 76.0 Å². The fourth-order valence-electron chi connectivity index (χ4n) is 2.26. The highest BCUT2D eigenvalue weighted by molar-refractivity contribution is 6.04. The van der Waals surface area contributed by atoms with E-state index < -0.39 is 0 Å². The van der Waals surface area contributed by atoms with E-state index in [0.717, 1.165) is 0 Å². The molecule has 2 aromatic rings. The lowest BCUT2D eigenvalue weighted by Gasteiger charge is -2.13. The molecular weight excluding hydrogens is 260 g/mol. The Labute approximate surface area is 115 Å². The summed E-state index contributed by atoms with van der Waals surface area (Å²) < 4.78 is 10.6. The van der Waals surface area contributed by atoms with Crippen LogP contribution in [-0.2, 0) is 6.42 Å². The van der Waals surface area contributed by atoms with Crippen molar-refractivity contribution < 1.29 is 24.5 Å². The van der Waals surface area contributed by atoms with Gasteiger partial charge in [0.05, 0.1) is 7.11 Å². The van der Waals surface area contributed by atoms with Crippen molar-refractivity contribution in [2.75, 3.05) is 7.11 Å². The molecule has 0 spiro atoms. The number of phenolic OH excluding ortho intramolecular Hbond substituents is 2. The smallest absolute Gasteiger partial charge is 0.202 e. The third kappa shape index (κ3) is 1.75. The van der Waals surface area contributed by atoms with Gasteiger partial charge in [-0.15, -0.1) is 0 Å². The predicted octanol–water partition coefficient (Wildman–Crippen LogP) is 2.64. The van der Waals surface area contributed by atoms with E-state index in [1.54, 1.807) is 24.3 Å². The van der Waals surface area contributed by atoms with E-state index in [2.05, 4.69) is 0 Å². The number of methoxy groups -OCH3 is 1. The summed E-state index contributed by atoms with van der Waals surface area (Å²) in [6, 6.07) is 8.24. The summed E-state index contributed by atoms with van der Waals surface area (Å²) in [6.07, 6.45) is 0.0997. The van der Waals surface area contributed by atoms with Gasteiger partial charge in [0.1, 0.15) is 17.1 Å². The normalized spacial score (nSPS) is 12.9. The second kappa shape index (κ2) is 4.45. The molecule has 0 amide bonds. The third-order valence-corrected chi connectivity index (χ3v) is 3.23. The number of para-hydroxylation sites is 1. The number of hydrogen-bond donors (Lipinski definition) is 2. The Hall–Kier alpha value is -2.69. The van der Waals surface area contributed by atoms with Crippen LogP contribution in [0.15, 0.2) is 30.3 Å². The Kier molecular flexibility index (Phi) is 2.75. The summed E-state index contributed by atoms with van der Waals surface area (Å²) in [4.78, 5) is 12.2. The molecular formula is C15H12O5. The van der Waals surface area contributed by atoms with Crippen LogP contribution in [-0.4, -0.2) is 23.1 Å². The van der Waals surface area contributed by atoms with Gasteiger partial charge in [0.25, 0.3) is 0 Å². The molecule has 3 rings (SSSR count). The number of phenols is 2. The standard InChI is InChI=1S/C15H12O5/c1-19-12-7-10(17)13-9(16)6-8-4-2-3-5-11(8)20-15(13)14(12)18/h2-5,7,17-18H,6H2,1H3. The Morgan fingerprint density at radius 1 is 1.25 bits per heavy atom. The van der Waals surface area contributed by atoms with Crippen LogP contribution in [0.5, 0.6) is 28.7 Å². The average Bonchev–Trinajstić information content (AvgIpc) is 2.59. The number of carbonyl (C=O) groups excluding carboxylic acids is 1. The summed E-state index contributed by atoms with van der Waals surface area (Å²) in [5, 5.41) is 20.1. The molecule has 5 nitrogen and oxygen atoms in total. The van der Waals surface area contributed by atoms with Gasteiger partial charge >= 0.3 is 0 Å². The highest BCUT2D eigenvalue weighted by Crippen LogP contribution is 2.48. The minimum atomic E-state index is -0.319. The van der Waals surface area contributed by atoms with Crippen molar-refractivity contribution >= 4 is 5.78 Å². The monoisotopic (exact) mass is 272 g/mol. The van der Waals surface area contributed by atoms with Gasteiger partial charge in [0.15, 0.2) is 17.3 Å². The lowest BCUT2D eigenvalue weighted by Crippen LogP contribution is -2.03. The predicted molar refractivity (Wildman–Crippen MR) is 70.9 cm³/mol. The second-order valence-corrected chi connectivity index (χ2v) is 4.46. The van der Waals surface area contributed by atoms with Crippen LogP contribution in [0, 0.1) is 0 Å². The quantitative estimate of drug-likeness (QED) is 0.780. The molecule has 1 heterocycles. The largest absolute Gasteiger partial charge is 0.507 e. The van der Waals surface area contributed by atoms with Gasteiger partial charge in [-0.05, 0) is 6.07 Å². The fourth-order valence-corrected chi connectivity index (χ4v) is 2.26. The number of aromatic hydroxyl groups is 2. The molecule has 0 aromatic heterocycles. The maximum atomic E-state index is 12.2. The lowest BCUT2D eigenvalue weighted by atomic mass is 10.0. The van der Waals surface area contributed by atoms with Crippen LogP contribution in [0.1, 0.15) is 15.9 Å². The first-order valence-electron chi connectivity index (χ1n) is 6.03. The molecule has 0 atom stereocenters. The molecule has 0 bridgehead atoms. The molecule has 2 N–H and O–H groups in total. The number of ketones is 1. The molecule has 0 saturated carbocycles. The zero-order valence-corrected chi connectivity index (χ0v) is 10.7. The summed E-state index contributed by atoms with van der Waals surface area (Å²) in [5.41, 5.74) is 0.672. The summed E-state index contributed by atoms with van der Waals surface area (Å²) in [7, 11) is 1.35. The first-order chi connectivity index (χ1) is 9.61. The van der Waals surface area contributed by atoms with E-state index in [0.29, 0.717) is 11.3 Å². The zero-order valence-electron chi connectivity index (χ0n) is 10.7. The van der Waals surface area contributed by atoms with Crippen LogP contribution in [0.25, 0.3) is 0 Å². The van der Waals surface area contributed by atoms with Crippen LogP contribution >= 0.6 is 0 Å². The summed E-state index contributed by atoms with van der Waals surface area (Å²) in [6.45, 7) is 0. The van der Waals surface area contributed by atoms with Crippen molar-refractivity contribution in [3.63, 3.8) is 0 Å². The van der Waals surface area contributed by atoms with Crippen LogP contribution in [0.3, 0.4) is 0 Å². The molecule has 20 heavy (non-hydrogen) atoms. The molecule has 2 aromatic carbocycles. The number of carbonyl (C=O) groups is 1. The van der Waals surface area contributed by atoms with Crippen molar-refractivity contribution in [1.82, 2.24) is 0 Å². The molecule has 0 aliphatic carbocycles. The van der Waals surface area contributed by atoms with E-state index >= 15 is 0 Å².